The average Bonchev–Trinajstić information content (AvgIpc) is 2.76. The summed E-state index contributed by atoms with van der Waals surface area (Å²) >= 11 is 5.14. The second-order valence-electron chi connectivity index (χ2n) is 5.55. The minimum absolute atomic E-state index is 0.499. The molecule has 0 aliphatic carbocycles. The maximum absolute atomic E-state index is 5.81. The van der Waals surface area contributed by atoms with Gasteiger partial charge in [-0.2, -0.15) is 0 Å². The second kappa shape index (κ2) is 6.46. The van der Waals surface area contributed by atoms with Gasteiger partial charge in [-0.05, 0) is 39.0 Å². The Bertz CT molecular complexity index is 445. The number of benzene rings is 1. The molecule has 1 atom stereocenters. The van der Waals surface area contributed by atoms with Gasteiger partial charge in [0.25, 0.3) is 0 Å². The van der Waals surface area contributed by atoms with E-state index in [1.165, 1.54) is 24.9 Å². The van der Waals surface area contributed by atoms with Crippen LogP contribution in [0.25, 0.3) is 0 Å². The largest absolute Gasteiger partial charge is 0.389 e. The monoisotopic (exact) mass is 277 g/mol. The predicted octanol–water partition coefficient (Wildman–Crippen LogP) is 1.85. The van der Waals surface area contributed by atoms with Gasteiger partial charge >= 0.3 is 0 Å². The van der Waals surface area contributed by atoms with E-state index in [2.05, 4.69) is 36.0 Å². The lowest BCUT2D eigenvalue weighted by molar-refractivity contribution is 0.201. The van der Waals surface area contributed by atoms with Gasteiger partial charge in [-0.1, -0.05) is 36.5 Å². The molecule has 1 saturated heterocycles. The first-order valence-corrected chi connectivity index (χ1v) is 7.25. The Labute approximate surface area is 121 Å². The Morgan fingerprint density at radius 1 is 1.42 bits per heavy atom. The topological polar surface area (TPSA) is 32.5 Å². The molecule has 1 unspecified atom stereocenters. The van der Waals surface area contributed by atoms with E-state index >= 15 is 0 Å². The number of nitrogens with zero attached hydrogens (tertiary/aromatic N) is 2. The lowest BCUT2D eigenvalue weighted by Crippen LogP contribution is -2.37. The van der Waals surface area contributed by atoms with Crippen LogP contribution in [0.4, 0.5) is 0 Å². The smallest absolute Gasteiger partial charge is 0.104 e. The van der Waals surface area contributed by atoms with Crippen LogP contribution in [-0.2, 0) is 6.54 Å². The quantitative estimate of drug-likeness (QED) is 0.833. The van der Waals surface area contributed by atoms with Gasteiger partial charge in [-0.15, -0.1) is 0 Å². The second-order valence-corrected chi connectivity index (χ2v) is 5.99. The fraction of sp³-hybridized carbons (Fsp3) is 0.533. The Balaban J connectivity index is 2.10. The van der Waals surface area contributed by atoms with Gasteiger partial charge in [0.15, 0.2) is 0 Å². The van der Waals surface area contributed by atoms with Gasteiger partial charge < -0.3 is 10.6 Å². The van der Waals surface area contributed by atoms with Gasteiger partial charge in [0, 0.05) is 24.7 Å². The van der Waals surface area contributed by atoms with Gasteiger partial charge in [-0.25, -0.2) is 0 Å². The summed E-state index contributed by atoms with van der Waals surface area (Å²) in [6.45, 7) is 3.24. The third kappa shape index (κ3) is 3.75. The molecule has 2 rings (SSSR count). The van der Waals surface area contributed by atoms with E-state index in [-0.39, 0.29) is 0 Å². The van der Waals surface area contributed by atoms with Crippen LogP contribution in [-0.4, -0.2) is 48.0 Å². The first-order valence-electron chi connectivity index (χ1n) is 6.84. The SMILES string of the molecule is CN(C)CC1CCCN1Cc1ccccc1C(N)=S. The molecule has 4 heteroatoms. The van der Waals surface area contributed by atoms with Crippen molar-refractivity contribution in [3.63, 3.8) is 0 Å². The lowest BCUT2D eigenvalue weighted by atomic mass is 10.1. The molecule has 1 aliphatic rings. The fourth-order valence-corrected chi connectivity index (χ4v) is 3.05. The summed E-state index contributed by atoms with van der Waals surface area (Å²) in [7, 11) is 4.28. The Morgan fingerprint density at radius 3 is 2.84 bits per heavy atom. The number of likely N-dealkylation sites (tertiary alicyclic amines) is 1. The molecule has 0 spiro atoms. The normalized spacial score (nSPS) is 20.1. The number of hydrogen-bond acceptors (Lipinski definition) is 3. The van der Waals surface area contributed by atoms with Crippen molar-refractivity contribution >= 4 is 17.2 Å². The molecule has 104 valence electrons. The maximum atomic E-state index is 5.81. The molecule has 0 radical (unpaired) electrons. The van der Waals surface area contributed by atoms with Crippen molar-refractivity contribution in [2.45, 2.75) is 25.4 Å². The molecule has 0 bridgehead atoms. The third-order valence-electron chi connectivity index (χ3n) is 3.73. The lowest BCUT2D eigenvalue weighted by Gasteiger charge is -2.27. The van der Waals surface area contributed by atoms with Crippen LogP contribution in [0.2, 0.25) is 0 Å². The van der Waals surface area contributed by atoms with Crippen molar-refractivity contribution < 1.29 is 0 Å². The van der Waals surface area contributed by atoms with Gasteiger partial charge in [0.05, 0.1) is 0 Å². The molecule has 19 heavy (non-hydrogen) atoms. The molecule has 0 aromatic heterocycles. The minimum atomic E-state index is 0.499. The summed E-state index contributed by atoms with van der Waals surface area (Å²) in [5.74, 6) is 0. The molecule has 0 amide bonds. The van der Waals surface area contributed by atoms with Crippen molar-refractivity contribution in [2.24, 2.45) is 5.73 Å². The summed E-state index contributed by atoms with van der Waals surface area (Å²) in [6.07, 6.45) is 2.57. The highest BCUT2D eigenvalue weighted by Crippen LogP contribution is 2.22. The van der Waals surface area contributed by atoms with E-state index in [9.17, 15) is 0 Å². The van der Waals surface area contributed by atoms with Gasteiger partial charge in [-0.3, -0.25) is 4.90 Å². The molecule has 1 aliphatic heterocycles. The van der Waals surface area contributed by atoms with Crippen molar-refractivity contribution in [3.05, 3.63) is 35.4 Å². The molecular weight excluding hydrogens is 254 g/mol. The predicted molar refractivity (Wildman–Crippen MR) is 84.3 cm³/mol. The van der Waals surface area contributed by atoms with Crippen LogP contribution in [0.3, 0.4) is 0 Å². The van der Waals surface area contributed by atoms with Crippen LogP contribution in [0.1, 0.15) is 24.0 Å². The van der Waals surface area contributed by atoms with Crippen molar-refractivity contribution in [3.8, 4) is 0 Å². The Morgan fingerprint density at radius 2 is 2.16 bits per heavy atom. The standard InChI is InChI=1S/C15H23N3S/c1-17(2)11-13-7-5-9-18(13)10-12-6-3-4-8-14(12)15(16)19/h3-4,6,8,13H,5,7,9-11H2,1-2H3,(H2,16,19). The summed E-state index contributed by atoms with van der Waals surface area (Å²) in [5.41, 5.74) is 8.08. The van der Waals surface area contributed by atoms with E-state index < -0.39 is 0 Å². The summed E-state index contributed by atoms with van der Waals surface area (Å²) in [5, 5.41) is 0. The van der Waals surface area contributed by atoms with Crippen LogP contribution in [0, 0.1) is 0 Å². The molecule has 2 N–H and O–H groups in total. The molecule has 1 aromatic rings. The Kier molecular flexibility index (Phi) is 4.91. The number of thiocarbonyl (C=S) groups is 1. The minimum Gasteiger partial charge on any atom is -0.389 e. The number of likely N-dealkylation sites (N-methyl/N-ethyl adjacent to an activating group) is 1. The number of hydrogen-bond donors (Lipinski definition) is 1. The van der Waals surface area contributed by atoms with E-state index in [4.69, 9.17) is 18.0 Å². The van der Waals surface area contributed by atoms with Crippen LogP contribution < -0.4 is 5.73 Å². The highest BCUT2D eigenvalue weighted by atomic mass is 32.1. The summed E-state index contributed by atoms with van der Waals surface area (Å²) in [4.78, 5) is 5.32. The molecule has 1 fully saturated rings. The van der Waals surface area contributed by atoms with Gasteiger partial charge in [0.1, 0.15) is 4.99 Å². The third-order valence-corrected chi connectivity index (χ3v) is 3.95. The number of nitrogens with two attached hydrogens (primary N) is 1. The zero-order valence-electron chi connectivity index (χ0n) is 11.8. The Hall–Kier alpha value is -0.970. The van der Waals surface area contributed by atoms with Crippen LogP contribution >= 0.6 is 12.2 Å². The number of rotatable bonds is 5. The van der Waals surface area contributed by atoms with E-state index in [1.807, 2.05) is 12.1 Å². The van der Waals surface area contributed by atoms with Crippen molar-refractivity contribution in [2.75, 3.05) is 27.2 Å². The van der Waals surface area contributed by atoms with E-state index in [0.29, 0.717) is 11.0 Å². The highest BCUT2D eigenvalue weighted by molar-refractivity contribution is 7.80. The highest BCUT2D eigenvalue weighted by Gasteiger charge is 2.25. The van der Waals surface area contributed by atoms with Gasteiger partial charge in [0.2, 0.25) is 0 Å². The first kappa shape index (κ1) is 14.4. The van der Waals surface area contributed by atoms with Crippen molar-refractivity contribution in [1.29, 1.82) is 0 Å². The summed E-state index contributed by atoms with van der Waals surface area (Å²) in [6, 6.07) is 8.87. The maximum Gasteiger partial charge on any atom is 0.104 e. The van der Waals surface area contributed by atoms with Crippen LogP contribution in [0.15, 0.2) is 24.3 Å². The summed E-state index contributed by atoms with van der Waals surface area (Å²) < 4.78 is 0. The first-order chi connectivity index (χ1) is 9.08. The molecular formula is C15H23N3S. The fourth-order valence-electron chi connectivity index (χ4n) is 2.85. The van der Waals surface area contributed by atoms with Crippen LogP contribution in [0.5, 0.6) is 0 Å². The van der Waals surface area contributed by atoms with E-state index in [1.54, 1.807) is 0 Å². The molecule has 0 saturated carbocycles. The average molecular weight is 277 g/mol. The zero-order chi connectivity index (χ0) is 13.8. The molecule has 1 heterocycles. The van der Waals surface area contributed by atoms with E-state index in [0.717, 1.165) is 18.7 Å². The zero-order valence-corrected chi connectivity index (χ0v) is 12.6. The molecule has 1 aromatic carbocycles. The molecule has 3 nitrogen and oxygen atoms in total. The van der Waals surface area contributed by atoms with Crippen molar-refractivity contribution in [1.82, 2.24) is 9.80 Å².